The first-order valence-corrected chi connectivity index (χ1v) is 16.1. The molecule has 1 nitrogen and oxygen atoms in total. The molecule has 19 heavy (non-hydrogen) atoms. The Morgan fingerprint density at radius 3 is 1.37 bits per heavy atom. The second kappa shape index (κ2) is 17.6. The molecule has 0 aliphatic rings. The van der Waals surface area contributed by atoms with Crippen molar-refractivity contribution in [3.8, 4) is 0 Å². The van der Waals surface area contributed by atoms with Crippen molar-refractivity contribution >= 4 is 43.1 Å². The first-order valence-electron chi connectivity index (χ1n) is 8.70. The van der Waals surface area contributed by atoms with Gasteiger partial charge in [0.15, 0.2) is 0 Å². The Balaban J connectivity index is 3.30. The van der Waals surface area contributed by atoms with Crippen LogP contribution in [0, 0.1) is 0 Å². The molecule has 0 saturated carbocycles. The fraction of sp³-hybridized carbons (Fsp3) is 1.00. The van der Waals surface area contributed by atoms with E-state index in [9.17, 15) is 0 Å². The summed E-state index contributed by atoms with van der Waals surface area (Å²) in [7, 11) is 0. The molecule has 0 spiro atoms. The van der Waals surface area contributed by atoms with Crippen LogP contribution in [0.1, 0.15) is 90.9 Å². The summed E-state index contributed by atoms with van der Waals surface area (Å²) >= 11 is -0.399. The molecule has 0 atom stereocenters. The average molecular weight is 482 g/mol. The Morgan fingerprint density at radius 2 is 1.00 bits per heavy atom. The van der Waals surface area contributed by atoms with E-state index in [0.29, 0.717) is 0 Å². The molecule has 0 aliphatic heterocycles. The molecule has 0 bridgehead atoms. The van der Waals surface area contributed by atoms with Gasteiger partial charge in [0.05, 0.1) is 0 Å². The maximum absolute atomic E-state index is 5.95. The maximum atomic E-state index is 5.95. The van der Waals surface area contributed by atoms with Crippen molar-refractivity contribution in [2.24, 2.45) is 0 Å². The first kappa shape index (κ1) is 20.6. The van der Waals surface area contributed by atoms with E-state index in [2.05, 4.69) is 13.8 Å². The van der Waals surface area contributed by atoms with Crippen LogP contribution in [0.4, 0.5) is 0 Å². The van der Waals surface area contributed by atoms with Crippen molar-refractivity contribution in [3.05, 3.63) is 0 Å². The first-order chi connectivity index (χ1) is 9.35. The van der Waals surface area contributed by atoms with Crippen LogP contribution in [0.25, 0.3) is 0 Å². The molecule has 0 rings (SSSR count). The summed E-state index contributed by atoms with van der Waals surface area (Å²) < 4.78 is 8.98. The summed E-state index contributed by atoms with van der Waals surface area (Å²) in [6.45, 7) is 4.59. The van der Waals surface area contributed by atoms with Gasteiger partial charge in [-0.3, -0.25) is 0 Å². The molecule has 114 valence electrons. The van der Waals surface area contributed by atoms with Crippen molar-refractivity contribution < 1.29 is 1.41 Å². The third kappa shape index (κ3) is 15.8. The molecule has 0 fully saturated rings. The van der Waals surface area contributed by atoms with Crippen LogP contribution in [0.5, 0.6) is 0 Å². The standard InChI is InChI=1S/2C8H17.O.2Sn.2H/c2*1-3-5-7-8-6-4-2;;;;;/h2*1,3-8H2,2H3;;;;;. The van der Waals surface area contributed by atoms with Gasteiger partial charge in [-0.25, -0.2) is 0 Å². The molecular weight excluding hydrogens is 446 g/mol. The van der Waals surface area contributed by atoms with E-state index in [4.69, 9.17) is 1.41 Å². The summed E-state index contributed by atoms with van der Waals surface area (Å²) in [5, 5.41) is 0. The Labute approximate surface area is 143 Å². The van der Waals surface area contributed by atoms with Crippen molar-refractivity contribution in [2.45, 2.75) is 99.8 Å². The van der Waals surface area contributed by atoms with Gasteiger partial charge in [-0.05, 0) is 0 Å². The molecule has 0 aromatic rings. The van der Waals surface area contributed by atoms with E-state index in [1.165, 1.54) is 85.9 Å². The topological polar surface area (TPSA) is 9.23 Å². The molecular formula is C16H36OSn2. The van der Waals surface area contributed by atoms with E-state index >= 15 is 0 Å². The van der Waals surface area contributed by atoms with Gasteiger partial charge in [0, 0.05) is 0 Å². The van der Waals surface area contributed by atoms with Gasteiger partial charge < -0.3 is 0 Å². The van der Waals surface area contributed by atoms with Gasteiger partial charge in [0.1, 0.15) is 0 Å². The van der Waals surface area contributed by atoms with Crippen LogP contribution in [0.2, 0.25) is 8.87 Å². The predicted octanol–water partition coefficient (Wildman–Crippen LogP) is 5.26. The van der Waals surface area contributed by atoms with Crippen LogP contribution >= 0.6 is 0 Å². The number of hydrogen-bond acceptors (Lipinski definition) is 1. The quantitative estimate of drug-likeness (QED) is 0.229. The van der Waals surface area contributed by atoms with Gasteiger partial charge in [-0.2, -0.15) is 0 Å². The normalized spacial score (nSPS) is 11.4. The molecule has 3 heteroatoms. The summed E-state index contributed by atoms with van der Waals surface area (Å²) in [6, 6.07) is 0. The van der Waals surface area contributed by atoms with E-state index < -0.39 is 20.2 Å². The van der Waals surface area contributed by atoms with E-state index in [-0.39, 0.29) is 0 Å². The fourth-order valence-corrected chi connectivity index (χ4v) is 13.6. The second-order valence-electron chi connectivity index (χ2n) is 5.87. The Hall–Kier alpha value is 1.56. The molecule has 0 saturated heterocycles. The summed E-state index contributed by atoms with van der Waals surface area (Å²) in [4.78, 5) is 0. The molecule has 0 unspecified atom stereocenters. The zero-order chi connectivity index (χ0) is 14.2. The molecule has 0 aromatic heterocycles. The van der Waals surface area contributed by atoms with E-state index in [1.807, 2.05) is 0 Å². The van der Waals surface area contributed by atoms with Gasteiger partial charge >= 0.3 is 144 Å². The van der Waals surface area contributed by atoms with E-state index in [0.717, 1.165) is 22.9 Å². The van der Waals surface area contributed by atoms with Crippen molar-refractivity contribution in [1.29, 1.82) is 0 Å². The van der Waals surface area contributed by atoms with Crippen LogP contribution < -0.4 is 0 Å². The molecule has 0 aliphatic carbocycles. The monoisotopic (exact) mass is 484 g/mol. The summed E-state index contributed by atoms with van der Waals surface area (Å²) in [5.74, 6) is 0. The number of hydrogen-bond donors (Lipinski definition) is 0. The molecule has 2 radical (unpaired) electrons. The van der Waals surface area contributed by atoms with Crippen LogP contribution in [-0.2, 0) is 1.41 Å². The molecule has 0 amide bonds. The molecule has 0 N–H and O–H groups in total. The third-order valence-electron chi connectivity index (χ3n) is 3.95. The fourth-order valence-electron chi connectivity index (χ4n) is 2.59. The van der Waals surface area contributed by atoms with Gasteiger partial charge in [-0.1, -0.05) is 0 Å². The number of rotatable bonds is 15. The SMILES string of the molecule is CCCCCCC[CH2][SnH]([CH2]CCCCCCC)[O][SnH]. The average Bonchev–Trinajstić information content (AvgIpc) is 2.44. The zero-order valence-corrected chi connectivity index (χ0v) is 20.1. The van der Waals surface area contributed by atoms with Crippen molar-refractivity contribution in [1.82, 2.24) is 0 Å². The van der Waals surface area contributed by atoms with Gasteiger partial charge in [0.2, 0.25) is 0 Å². The van der Waals surface area contributed by atoms with Crippen molar-refractivity contribution in [2.75, 3.05) is 0 Å². The van der Waals surface area contributed by atoms with Gasteiger partial charge in [-0.15, -0.1) is 0 Å². The molecule has 0 aromatic carbocycles. The predicted molar refractivity (Wildman–Crippen MR) is 91.7 cm³/mol. The van der Waals surface area contributed by atoms with Crippen molar-refractivity contribution in [3.63, 3.8) is 0 Å². The minimum absolute atomic E-state index is 1.07. The Bertz CT molecular complexity index is 149. The van der Waals surface area contributed by atoms with Crippen LogP contribution in [0.3, 0.4) is 0 Å². The zero-order valence-electron chi connectivity index (χ0n) is 13.5. The number of unbranched alkanes of at least 4 members (excludes halogenated alkanes) is 10. The Kier molecular flexibility index (Phi) is 19.1. The van der Waals surface area contributed by atoms with Gasteiger partial charge in [0.25, 0.3) is 0 Å². The minimum atomic E-state index is -1.47. The summed E-state index contributed by atoms with van der Waals surface area (Å²) in [5.41, 5.74) is 0. The molecule has 0 heterocycles. The van der Waals surface area contributed by atoms with Crippen LogP contribution in [-0.4, -0.2) is 43.1 Å². The summed E-state index contributed by atoms with van der Waals surface area (Å²) in [6.07, 6.45) is 17.3. The third-order valence-corrected chi connectivity index (χ3v) is 18.4. The van der Waals surface area contributed by atoms with Crippen LogP contribution in [0.15, 0.2) is 0 Å². The second-order valence-corrected chi connectivity index (χ2v) is 18.7. The Morgan fingerprint density at radius 1 is 0.632 bits per heavy atom. The van der Waals surface area contributed by atoms with E-state index in [1.54, 1.807) is 0 Å².